The topological polar surface area (TPSA) is 92.4 Å². The van der Waals surface area contributed by atoms with Crippen molar-refractivity contribution in [2.75, 3.05) is 18.5 Å². The lowest BCUT2D eigenvalue weighted by molar-refractivity contribution is -0.385. The van der Waals surface area contributed by atoms with E-state index in [2.05, 4.69) is 9.97 Å². The summed E-state index contributed by atoms with van der Waals surface area (Å²) >= 11 is 5.71. The van der Waals surface area contributed by atoms with Crippen molar-refractivity contribution in [2.24, 2.45) is 0 Å². The predicted molar refractivity (Wildman–Crippen MR) is 68.0 cm³/mol. The van der Waals surface area contributed by atoms with Crippen LogP contribution < -0.4 is 4.90 Å². The Balaban J connectivity index is 3.26. The number of likely N-dealkylation sites (N-methyl/N-ethyl adjacent to an activating group) is 1. The van der Waals surface area contributed by atoms with Gasteiger partial charge < -0.3 is 10.0 Å². The first kappa shape index (κ1) is 14.6. The van der Waals surface area contributed by atoms with Crippen LogP contribution in [-0.2, 0) is 0 Å². The van der Waals surface area contributed by atoms with Crippen molar-refractivity contribution in [3.05, 3.63) is 21.1 Å². The first-order chi connectivity index (χ1) is 8.11. The molecule has 0 aromatic carbocycles. The fraction of sp³-hybridized carbons (Fsp3) is 0.600. The third kappa shape index (κ3) is 3.51. The standard InChI is InChI=1S/C10H15ClN4O3/c1-6-7(15(17)18)8(13-9(11)12-6)14(4)5-10(2,3)16/h16H,5H2,1-4H3. The van der Waals surface area contributed by atoms with Crippen LogP contribution in [0.4, 0.5) is 11.5 Å². The molecule has 0 aliphatic carbocycles. The average molecular weight is 275 g/mol. The normalized spacial score (nSPS) is 11.4. The number of aromatic nitrogens is 2. The minimum Gasteiger partial charge on any atom is -0.389 e. The summed E-state index contributed by atoms with van der Waals surface area (Å²) in [7, 11) is 1.60. The van der Waals surface area contributed by atoms with E-state index in [1.807, 2.05) is 0 Å². The van der Waals surface area contributed by atoms with E-state index < -0.39 is 10.5 Å². The van der Waals surface area contributed by atoms with Crippen molar-refractivity contribution in [3.8, 4) is 0 Å². The van der Waals surface area contributed by atoms with E-state index in [4.69, 9.17) is 11.6 Å². The molecule has 1 N–H and O–H groups in total. The maximum atomic E-state index is 11.0. The van der Waals surface area contributed by atoms with Crippen LogP contribution >= 0.6 is 11.6 Å². The van der Waals surface area contributed by atoms with Crippen molar-refractivity contribution < 1.29 is 10.0 Å². The van der Waals surface area contributed by atoms with Crippen LogP contribution in [-0.4, -0.2) is 39.2 Å². The first-order valence-corrected chi connectivity index (χ1v) is 5.61. The van der Waals surface area contributed by atoms with E-state index in [-0.39, 0.29) is 29.0 Å². The fourth-order valence-corrected chi connectivity index (χ4v) is 1.86. The molecule has 1 aromatic rings. The molecule has 0 amide bonds. The smallest absolute Gasteiger partial charge is 0.332 e. The van der Waals surface area contributed by atoms with Gasteiger partial charge in [0.15, 0.2) is 0 Å². The van der Waals surface area contributed by atoms with Crippen molar-refractivity contribution in [2.45, 2.75) is 26.4 Å². The van der Waals surface area contributed by atoms with Crippen LogP contribution in [0.5, 0.6) is 0 Å². The van der Waals surface area contributed by atoms with Gasteiger partial charge in [-0.05, 0) is 32.4 Å². The first-order valence-electron chi connectivity index (χ1n) is 5.24. The lowest BCUT2D eigenvalue weighted by atomic mass is 10.1. The van der Waals surface area contributed by atoms with Gasteiger partial charge in [-0.3, -0.25) is 10.1 Å². The number of rotatable bonds is 4. The minimum atomic E-state index is -1.01. The number of hydrogen-bond acceptors (Lipinski definition) is 6. The molecule has 7 nitrogen and oxygen atoms in total. The van der Waals surface area contributed by atoms with Crippen LogP contribution in [0, 0.1) is 17.0 Å². The zero-order valence-corrected chi connectivity index (χ0v) is 11.4. The summed E-state index contributed by atoms with van der Waals surface area (Å²) in [5, 5.41) is 20.7. The number of aliphatic hydroxyl groups is 1. The van der Waals surface area contributed by atoms with Crippen LogP contribution in [0.1, 0.15) is 19.5 Å². The Hall–Kier alpha value is -1.47. The molecule has 8 heteroatoms. The van der Waals surface area contributed by atoms with Crippen molar-refractivity contribution in [1.82, 2.24) is 9.97 Å². The van der Waals surface area contributed by atoms with E-state index >= 15 is 0 Å². The van der Waals surface area contributed by atoms with Crippen LogP contribution in [0.15, 0.2) is 0 Å². The van der Waals surface area contributed by atoms with Gasteiger partial charge in [-0.1, -0.05) is 0 Å². The van der Waals surface area contributed by atoms with Gasteiger partial charge in [0.25, 0.3) is 0 Å². The molecule has 0 saturated heterocycles. The molecule has 0 aliphatic rings. The Morgan fingerprint density at radius 2 is 2.06 bits per heavy atom. The molecule has 0 spiro atoms. The number of anilines is 1. The van der Waals surface area contributed by atoms with Gasteiger partial charge in [0.2, 0.25) is 11.1 Å². The maximum absolute atomic E-state index is 11.0. The van der Waals surface area contributed by atoms with Crippen molar-refractivity contribution in [3.63, 3.8) is 0 Å². The number of halogens is 1. The summed E-state index contributed by atoms with van der Waals surface area (Å²) in [4.78, 5) is 19.6. The molecule has 100 valence electrons. The number of aryl methyl sites for hydroxylation is 1. The van der Waals surface area contributed by atoms with E-state index in [1.54, 1.807) is 20.9 Å². The fourth-order valence-electron chi connectivity index (χ4n) is 1.65. The lowest BCUT2D eigenvalue weighted by Gasteiger charge is -2.26. The Morgan fingerprint density at radius 1 is 1.50 bits per heavy atom. The summed E-state index contributed by atoms with van der Waals surface area (Å²) in [5.74, 6) is 0.0969. The Bertz CT molecular complexity index is 473. The molecule has 1 rings (SSSR count). The molecule has 1 aromatic heterocycles. The van der Waals surface area contributed by atoms with Gasteiger partial charge in [0.1, 0.15) is 5.69 Å². The number of nitro groups is 1. The van der Waals surface area contributed by atoms with Crippen LogP contribution in [0.2, 0.25) is 5.28 Å². The molecule has 1 heterocycles. The van der Waals surface area contributed by atoms with Crippen molar-refractivity contribution in [1.29, 1.82) is 0 Å². The van der Waals surface area contributed by atoms with Gasteiger partial charge in [-0.2, -0.15) is 4.98 Å². The molecule has 0 unspecified atom stereocenters. The maximum Gasteiger partial charge on any atom is 0.332 e. The summed E-state index contributed by atoms with van der Waals surface area (Å²) in [6, 6.07) is 0. The number of hydrogen-bond donors (Lipinski definition) is 1. The predicted octanol–water partition coefficient (Wildman–Crippen LogP) is 1.55. The minimum absolute atomic E-state index is 0.0595. The molecule has 0 saturated carbocycles. The Kier molecular flexibility index (Phi) is 4.08. The van der Waals surface area contributed by atoms with Gasteiger partial charge in [0, 0.05) is 13.6 Å². The third-order valence-electron chi connectivity index (χ3n) is 2.18. The third-order valence-corrected chi connectivity index (χ3v) is 2.35. The molecular formula is C10H15ClN4O3. The van der Waals surface area contributed by atoms with Gasteiger partial charge >= 0.3 is 5.69 Å². The van der Waals surface area contributed by atoms with Crippen LogP contribution in [0.3, 0.4) is 0 Å². The average Bonchev–Trinajstić information content (AvgIpc) is 2.12. The summed E-state index contributed by atoms with van der Waals surface area (Å²) in [6.45, 7) is 4.88. The molecular weight excluding hydrogens is 260 g/mol. The van der Waals surface area contributed by atoms with Crippen LogP contribution in [0.25, 0.3) is 0 Å². The molecule has 0 atom stereocenters. The second kappa shape index (κ2) is 5.03. The molecule has 0 radical (unpaired) electrons. The second-order valence-electron chi connectivity index (χ2n) is 4.68. The molecule has 0 aliphatic heterocycles. The van der Waals surface area contributed by atoms with E-state index in [1.165, 1.54) is 11.8 Å². The van der Waals surface area contributed by atoms with Gasteiger partial charge in [0.05, 0.1) is 10.5 Å². The highest BCUT2D eigenvalue weighted by molar-refractivity contribution is 6.28. The van der Waals surface area contributed by atoms with E-state index in [0.29, 0.717) is 0 Å². The monoisotopic (exact) mass is 274 g/mol. The quantitative estimate of drug-likeness (QED) is 0.509. The second-order valence-corrected chi connectivity index (χ2v) is 5.01. The van der Waals surface area contributed by atoms with Crippen molar-refractivity contribution >= 4 is 23.1 Å². The highest BCUT2D eigenvalue weighted by Crippen LogP contribution is 2.29. The number of nitrogens with zero attached hydrogens (tertiary/aromatic N) is 4. The molecule has 18 heavy (non-hydrogen) atoms. The SMILES string of the molecule is Cc1nc(Cl)nc(N(C)CC(C)(C)O)c1[N+](=O)[O-]. The van der Waals surface area contributed by atoms with Gasteiger partial charge in [-0.15, -0.1) is 0 Å². The molecule has 0 fully saturated rings. The molecule has 0 bridgehead atoms. The summed E-state index contributed by atoms with van der Waals surface area (Å²) < 4.78 is 0. The summed E-state index contributed by atoms with van der Waals surface area (Å²) in [5.41, 5.74) is -1.02. The highest BCUT2D eigenvalue weighted by atomic mass is 35.5. The largest absolute Gasteiger partial charge is 0.389 e. The zero-order chi connectivity index (χ0) is 14.1. The van der Waals surface area contributed by atoms with E-state index in [9.17, 15) is 15.2 Å². The summed E-state index contributed by atoms with van der Waals surface area (Å²) in [6.07, 6.45) is 0. The van der Waals surface area contributed by atoms with Gasteiger partial charge in [-0.25, -0.2) is 4.98 Å². The van der Waals surface area contributed by atoms with E-state index in [0.717, 1.165) is 0 Å². The highest BCUT2D eigenvalue weighted by Gasteiger charge is 2.27. The Labute approximate surface area is 110 Å². The lowest BCUT2D eigenvalue weighted by Crippen LogP contribution is -2.37. The zero-order valence-electron chi connectivity index (χ0n) is 10.6. The Morgan fingerprint density at radius 3 is 2.50 bits per heavy atom.